The highest BCUT2D eigenvalue weighted by Gasteiger charge is 2.32. The van der Waals surface area contributed by atoms with Gasteiger partial charge in [-0.3, -0.25) is 9.78 Å². The van der Waals surface area contributed by atoms with Gasteiger partial charge in [0.2, 0.25) is 5.91 Å². The van der Waals surface area contributed by atoms with E-state index in [1.807, 2.05) is 97.1 Å². The van der Waals surface area contributed by atoms with Gasteiger partial charge in [0.1, 0.15) is 11.5 Å². The highest BCUT2D eigenvalue weighted by molar-refractivity contribution is 5.99. The van der Waals surface area contributed by atoms with Gasteiger partial charge in [0.05, 0.1) is 11.6 Å². The van der Waals surface area contributed by atoms with Crippen molar-refractivity contribution in [2.45, 2.75) is 5.92 Å². The second-order valence-corrected chi connectivity index (χ2v) is 8.93. The monoisotopic (exact) mass is 496 g/mol. The standard InChI is InChI=1S/C30H20N6O2/c37-30(28-22-5-1-3-7-25(22)38-26-8-4-2-6-23(26)28)32-21-11-9-19(10-12-21)24-13-14-27-33-34-29(36(27)35-24)20-15-17-31-18-16-20/h1-18,28H,(H,32,37). The molecule has 6 aromatic rings. The van der Waals surface area contributed by atoms with Crippen LogP contribution in [0.15, 0.2) is 109 Å². The number of nitrogens with one attached hydrogen (secondary N) is 1. The zero-order chi connectivity index (χ0) is 25.5. The Morgan fingerprint density at radius 2 is 1.42 bits per heavy atom. The first kappa shape index (κ1) is 21.9. The molecule has 0 atom stereocenters. The number of hydrogen-bond donors (Lipinski definition) is 1. The van der Waals surface area contributed by atoms with Gasteiger partial charge in [-0.2, -0.15) is 9.61 Å². The highest BCUT2D eigenvalue weighted by atomic mass is 16.5. The van der Waals surface area contributed by atoms with E-state index in [4.69, 9.17) is 9.84 Å². The lowest BCUT2D eigenvalue weighted by Crippen LogP contribution is -2.25. The van der Waals surface area contributed by atoms with E-state index in [0.717, 1.165) is 27.9 Å². The molecule has 4 heterocycles. The zero-order valence-corrected chi connectivity index (χ0v) is 20.0. The summed E-state index contributed by atoms with van der Waals surface area (Å²) in [6, 6.07) is 30.5. The van der Waals surface area contributed by atoms with E-state index in [0.29, 0.717) is 28.7 Å². The van der Waals surface area contributed by atoms with Crippen LogP contribution in [-0.2, 0) is 4.79 Å². The molecule has 0 fully saturated rings. The number of ether oxygens (including phenoxy) is 1. The maximum Gasteiger partial charge on any atom is 0.236 e. The minimum absolute atomic E-state index is 0.119. The lowest BCUT2D eigenvalue weighted by atomic mass is 9.87. The van der Waals surface area contributed by atoms with E-state index < -0.39 is 5.92 Å². The second-order valence-electron chi connectivity index (χ2n) is 8.93. The maximum absolute atomic E-state index is 13.5. The van der Waals surface area contributed by atoms with Crippen molar-refractivity contribution in [3.8, 4) is 34.1 Å². The van der Waals surface area contributed by atoms with E-state index in [-0.39, 0.29) is 5.91 Å². The molecule has 0 radical (unpaired) electrons. The topological polar surface area (TPSA) is 94.3 Å². The van der Waals surface area contributed by atoms with Crippen molar-refractivity contribution in [1.82, 2.24) is 24.8 Å². The van der Waals surface area contributed by atoms with Gasteiger partial charge < -0.3 is 10.1 Å². The SMILES string of the molecule is O=C(Nc1ccc(-c2ccc3nnc(-c4ccncc4)n3n2)cc1)C1c2ccccc2Oc2ccccc21. The number of anilines is 1. The molecular weight excluding hydrogens is 476 g/mol. The van der Waals surface area contributed by atoms with Crippen molar-refractivity contribution < 1.29 is 9.53 Å². The van der Waals surface area contributed by atoms with Crippen LogP contribution in [0.5, 0.6) is 11.5 Å². The predicted molar refractivity (Wildman–Crippen MR) is 143 cm³/mol. The summed E-state index contributed by atoms with van der Waals surface area (Å²) in [5, 5.41) is 16.4. The number of carbonyl (C=O) groups excluding carboxylic acids is 1. The smallest absolute Gasteiger partial charge is 0.236 e. The number of carbonyl (C=O) groups is 1. The molecule has 1 N–H and O–H groups in total. The number of rotatable bonds is 4. The number of para-hydroxylation sites is 2. The first-order valence-electron chi connectivity index (χ1n) is 12.1. The van der Waals surface area contributed by atoms with Crippen LogP contribution in [-0.4, -0.2) is 30.7 Å². The Kier molecular flexibility index (Phi) is 5.14. The molecule has 8 heteroatoms. The number of amides is 1. The molecule has 38 heavy (non-hydrogen) atoms. The number of nitrogens with zero attached hydrogens (tertiary/aromatic N) is 5. The first-order chi connectivity index (χ1) is 18.7. The third kappa shape index (κ3) is 3.75. The molecule has 3 aromatic carbocycles. The van der Waals surface area contributed by atoms with Gasteiger partial charge in [-0.25, -0.2) is 0 Å². The Morgan fingerprint density at radius 3 is 2.13 bits per heavy atom. The minimum atomic E-state index is -0.472. The lowest BCUT2D eigenvalue weighted by Gasteiger charge is -2.27. The predicted octanol–water partition coefficient (Wildman–Crippen LogP) is 5.73. The third-order valence-electron chi connectivity index (χ3n) is 6.59. The van der Waals surface area contributed by atoms with Gasteiger partial charge in [0.15, 0.2) is 11.5 Å². The van der Waals surface area contributed by atoms with Crippen LogP contribution in [0.25, 0.3) is 28.3 Å². The summed E-state index contributed by atoms with van der Waals surface area (Å²) in [4.78, 5) is 17.6. The molecule has 7 rings (SSSR count). The van der Waals surface area contributed by atoms with Crippen LogP contribution in [0, 0.1) is 0 Å². The van der Waals surface area contributed by atoms with Crippen molar-refractivity contribution >= 4 is 17.2 Å². The number of hydrogen-bond acceptors (Lipinski definition) is 6. The molecule has 182 valence electrons. The average molecular weight is 497 g/mol. The van der Waals surface area contributed by atoms with E-state index in [2.05, 4.69) is 20.5 Å². The Hall–Kier alpha value is -5.37. The van der Waals surface area contributed by atoms with Crippen LogP contribution in [0.3, 0.4) is 0 Å². The summed E-state index contributed by atoms with van der Waals surface area (Å²) < 4.78 is 7.76. The van der Waals surface area contributed by atoms with Gasteiger partial charge in [-0.1, -0.05) is 48.5 Å². The van der Waals surface area contributed by atoms with Gasteiger partial charge >= 0.3 is 0 Å². The van der Waals surface area contributed by atoms with E-state index in [9.17, 15) is 4.79 Å². The Bertz CT molecular complexity index is 1750. The molecule has 0 saturated heterocycles. The van der Waals surface area contributed by atoms with Gasteiger partial charge in [0, 0.05) is 40.3 Å². The summed E-state index contributed by atoms with van der Waals surface area (Å²) in [5.41, 5.74) is 5.59. The summed E-state index contributed by atoms with van der Waals surface area (Å²) in [6.07, 6.45) is 3.43. The van der Waals surface area contributed by atoms with E-state index in [1.54, 1.807) is 16.9 Å². The number of fused-ring (bicyclic) bond motifs is 3. The number of pyridine rings is 1. The third-order valence-corrected chi connectivity index (χ3v) is 6.59. The van der Waals surface area contributed by atoms with Crippen LogP contribution in [0.2, 0.25) is 0 Å². The molecule has 0 spiro atoms. The molecule has 0 bridgehead atoms. The molecule has 1 aliphatic heterocycles. The van der Waals surface area contributed by atoms with Crippen molar-refractivity contribution in [3.05, 3.63) is 121 Å². The fourth-order valence-corrected chi connectivity index (χ4v) is 4.75. The fraction of sp³-hybridized carbons (Fsp3) is 0.0333. The molecule has 0 unspecified atom stereocenters. The van der Waals surface area contributed by atoms with E-state index in [1.165, 1.54) is 0 Å². The summed E-state index contributed by atoms with van der Waals surface area (Å²) in [7, 11) is 0. The number of benzene rings is 3. The van der Waals surface area contributed by atoms with Crippen molar-refractivity contribution in [1.29, 1.82) is 0 Å². The zero-order valence-electron chi connectivity index (χ0n) is 20.0. The van der Waals surface area contributed by atoms with Gasteiger partial charge in [-0.05, 0) is 48.5 Å². The van der Waals surface area contributed by atoms with Crippen LogP contribution >= 0.6 is 0 Å². The quantitative estimate of drug-likeness (QED) is 0.335. The Morgan fingerprint density at radius 1 is 0.737 bits per heavy atom. The summed E-state index contributed by atoms with van der Waals surface area (Å²) in [6.45, 7) is 0. The molecule has 1 amide bonds. The Labute approximate surface area is 217 Å². The molecule has 3 aromatic heterocycles. The lowest BCUT2D eigenvalue weighted by molar-refractivity contribution is -0.116. The summed E-state index contributed by atoms with van der Waals surface area (Å²) >= 11 is 0. The Balaban J connectivity index is 1.17. The van der Waals surface area contributed by atoms with Crippen molar-refractivity contribution in [2.24, 2.45) is 0 Å². The normalized spacial score (nSPS) is 12.4. The van der Waals surface area contributed by atoms with Gasteiger partial charge in [0.25, 0.3) is 0 Å². The fourth-order valence-electron chi connectivity index (χ4n) is 4.75. The maximum atomic E-state index is 13.5. The van der Waals surface area contributed by atoms with E-state index >= 15 is 0 Å². The minimum Gasteiger partial charge on any atom is -0.457 e. The first-order valence-corrected chi connectivity index (χ1v) is 12.1. The average Bonchev–Trinajstić information content (AvgIpc) is 3.40. The van der Waals surface area contributed by atoms with Crippen LogP contribution in [0.1, 0.15) is 17.0 Å². The van der Waals surface area contributed by atoms with Crippen molar-refractivity contribution in [3.63, 3.8) is 0 Å². The molecule has 1 aliphatic rings. The molecular formula is C30H20N6O2. The second kappa shape index (κ2) is 8.94. The van der Waals surface area contributed by atoms with Crippen LogP contribution in [0.4, 0.5) is 5.69 Å². The largest absolute Gasteiger partial charge is 0.457 e. The molecule has 8 nitrogen and oxygen atoms in total. The van der Waals surface area contributed by atoms with Gasteiger partial charge in [-0.15, -0.1) is 10.2 Å². The summed E-state index contributed by atoms with van der Waals surface area (Å²) in [5.74, 6) is 1.45. The number of aromatic nitrogens is 5. The van der Waals surface area contributed by atoms with Crippen LogP contribution < -0.4 is 10.1 Å². The molecule has 0 aliphatic carbocycles. The molecule has 0 saturated carbocycles. The van der Waals surface area contributed by atoms with Crippen molar-refractivity contribution in [2.75, 3.05) is 5.32 Å². The highest BCUT2D eigenvalue weighted by Crippen LogP contribution is 2.44.